The Kier molecular flexibility index (Phi) is 8.37. The maximum atomic E-state index is 13.0. The highest BCUT2D eigenvalue weighted by molar-refractivity contribution is 5.85. The summed E-state index contributed by atoms with van der Waals surface area (Å²) < 4.78 is 13.0. The van der Waals surface area contributed by atoms with Crippen LogP contribution in [-0.4, -0.2) is 23.6 Å². The molecule has 0 radical (unpaired) electrons. The van der Waals surface area contributed by atoms with Crippen LogP contribution in [0.15, 0.2) is 24.3 Å². The number of carbonyl (C=O) groups is 1. The summed E-state index contributed by atoms with van der Waals surface area (Å²) in [5.74, 6) is -0.391. The number of hydrogen-bond donors (Lipinski definition) is 3. The standard InChI is InChI=1S/C14H21FN2O2.ClH/c1-9(2)6-12(16)14(19)17-8-13(18)10-4-3-5-11(15)7-10;/h3-5,7,9,12-13,18H,6,8,16H2,1-2H3,(H,17,19);1H/t12-,13?;/m0./s1. The Morgan fingerprint density at radius 3 is 2.65 bits per heavy atom. The van der Waals surface area contributed by atoms with Crippen molar-refractivity contribution in [1.82, 2.24) is 5.32 Å². The van der Waals surface area contributed by atoms with Gasteiger partial charge in [0.25, 0.3) is 0 Å². The minimum Gasteiger partial charge on any atom is -0.387 e. The van der Waals surface area contributed by atoms with Gasteiger partial charge in [-0.25, -0.2) is 4.39 Å². The van der Waals surface area contributed by atoms with Crippen LogP contribution in [0, 0.1) is 11.7 Å². The molecule has 0 saturated carbocycles. The van der Waals surface area contributed by atoms with Gasteiger partial charge in [0.1, 0.15) is 5.82 Å². The molecule has 6 heteroatoms. The van der Waals surface area contributed by atoms with Crippen LogP contribution >= 0.6 is 12.4 Å². The predicted molar refractivity (Wildman–Crippen MR) is 79.0 cm³/mol. The normalized spacial score (nSPS) is 13.5. The van der Waals surface area contributed by atoms with Crippen LogP contribution in [0.25, 0.3) is 0 Å². The fourth-order valence-electron chi connectivity index (χ4n) is 1.77. The van der Waals surface area contributed by atoms with Crippen LogP contribution in [0.3, 0.4) is 0 Å². The molecular formula is C14H22ClFN2O2. The molecule has 1 rings (SSSR count). The summed E-state index contributed by atoms with van der Waals surface area (Å²) >= 11 is 0. The van der Waals surface area contributed by atoms with Crippen LogP contribution < -0.4 is 11.1 Å². The summed E-state index contributed by atoms with van der Waals surface area (Å²) in [7, 11) is 0. The SMILES string of the molecule is CC(C)C[C@H](N)C(=O)NCC(O)c1cccc(F)c1.Cl. The number of nitrogens with one attached hydrogen (secondary N) is 1. The first-order valence-electron chi connectivity index (χ1n) is 6.37. The van der Waals surface area contributed by atoms with Gasteiger partial charge in [0.2, 0.25) is 5.91 Å². The van der Waals surface area contributed by atoms with E-state index >= 15 is 0 Å². The number of amides is 1. The van der Waals surface area contributed by atoms with E-state index in [1.807, 2.05) is 13.8 Å². The number of halogens is 2. The van der Waals surface area contributed by atoms with Crippen molar-refractivity contribution >= 4 is 18.3 Å². The lowest BCUT2D eigenvalue weighted by molar-refractivity contribution is -0.123. The summed E-state index contributed by atoms with van der Waals surface area (Å²) in [5, 5.41) is 12.4. The summed E-state index contributed by atoms with van der Waals surface area (Å²) in [4.78, 5) is 11.7. The third-order valence-electron chi connectivity index (χ3n) is 2.77. The van der Waals surface area contributed by atoms with Crippen molar-refractivity contribution in [2.45, 2.75) is 32.4 Å². The average molecular weight is 305 g/mol. The van der Waals surface area contributed by atoms with Crippen molar-refractivity contribution in [3.8, 4) is 0 Å². The van der Waals surface area contributed by atoms with Gasteiger partial charge < -0.3 is 16.2 Å². The molecule has 1 amide bonds. The summed E-state index contributed by atoms with van der Waals surface area (Å²) in [6.45, 7) is 3.98. The monoisotopic (exact) mass is 304 g/mol. The number of aliphatic hydroxyl groups is 1. The highest BCUT2D eigenvalue weighted by Crippen LogP contribution is 2.13. The van der Waals surface area contributed by atoms with Crippen LogP contribution in [0.5, 0.6) is 0 Å². The minimum atomic E-state index is -0.939. The Morgan fingerprint density at radius 1 is 1.45 bits per heavy atom. The van der Waals surface area contributed by atoms with Crippen molar-refractivity contribution in [1.29, 1.82) is 0 Å². The average Bonchev–Trinajstić information content (AvgIpc) is 2.34. The number of aliphatic hydroxyl groups excluding tert-OH is 1. The molecule has 0 aromatic heterocycles. The number of nitrogens with two attached hydrogens (primary N) is 1. The number of hydrogen-bond acceptors (Lipinski definition) is 3. The van der Waals surface area contributed by atoms with Gasteiger partial charge >= 0.3 is 0 Å². The smallest absolute Gasteiger partial charge is 0.237 e. The lowest BCUT2D eigenvalue weighted by Gasteiger charge is -2.16. The Hall–Kier alpha value is -1.17. The van der Waals surface area contributed by atoms with Crippen LogP contribution in [0.1, 0.15) is 31.9 Å². The molecule has 0 aliphatic carbocycles. The largest absolute Gasteiger partial charge is 0.387 e. The van der Waals surface area contributed by atoms with Gasteiger partial charge in [-0.3, -0.25) is 4.79 Å². The van der Waals surface area contributed by atoms with Crippen LogP contribution in [0.4, 0.5) is 4.39 Å². The second-order valence-electron chi connectivity index (χ2n) is 5.05. The minimum absolute atomic E-state index is 0. The fourth-order valence-corrected chi connectivity index (χ4v) is 1.77. The van der Waals surface area contributed by atoms with Crippen molar-refractivity contribution in [2.24, 2.45) is 11.7 Å². The first kappa shape index (κ1) is 18.8. The lowest BCUT2D eigenvalue weighted by Crippen LogP contribution is -2.42. The molecule has 0 aliphatic rings. The molecule has 1 aromatic carbocycles. The second kappa shape index (κ2) is 8.89. The Bertz CT molecular complexity index is 429. The molecule has 114 valence electrons. The first-order valence-corrected chi connectivity index (χ1v) is 6.37. The van der Waals surface area contributed by atoms with E-state index in [2.05, 4.69) is 5.32 Å². The highest BCUT2D eigenvalue weighted by atomic mass is 35.5. The summed E-state index contributed by atoms with van der Waals surface area (Å²) in [6.07, 6.45) is -0.354. The maximum absolute atomic E-state index is 13.0. The third kappa shape index (κ3) is 6.32. The maximum Gasteiger partial charge on any atom is 0.237 e. The predicted octanol–water partition coefficient (Wildman–Crippen LogP) is 1.77. The summed E-state index contributed by atoms with van der Waals surface area (Å²) in [6, 6.07) is 5.08. The molecule has 1 aromatic rings. The highest BCUT2D eigenvalue weighted by Gasteiger charge is 2.16. The quantitative estimate of drug-likeness (QED) is 0.750. The van der Waals surface area contributed by atoms with Gasteiger partial charge in [-0.2, -0.15) is 0 Å². The molecule has 20 heavy (non-hydrogen) atoms. The summed E-state index contributed by atoms with van der Waals surface area (Å²) in [5.41, 5.74) is 6.14. The Morgan fingerprint density at radius 2 is 2.10 bits per heavy atom. The molecule has 0 fully saturated rings. The van der Waals surface area contributed by atoms with E-state index in [9.17, 15) is 14.3 Å². The number of rotatable bonds is 6. The molecule has 1 unspecified atom stereocenters. The fraction of sp³-hybridized carbons (Fsp3) is 0.500. The van der Waals surface area contributed by atoms with E-state index in [0.29, 0.717) is 17.9 Å². The molecular weight excluding hydrogens is 283 g/mol. The lowest BCUT2D eigenvalue weighted by atomic mass is 10.0. The van der Waals surface area contributed by atoms with E-state index in [4.69, 9.17) is 5.73 Å². The molecule has 2 atom stereocenters. The van der Waals surface area contributed by atoms with Crippen molar-refractivity contribution < 1.29 is 14.3 Å². The molecule has 0 aliphatic heterocycles. The van der Waals surface area contributed by atoms with E-state index in [0.717, 1.165) is 0 Å². The van der Waals surface area contributed by atoms with Crippen LogP contribution in [0.2, 0.25) is 0 Å². The molecule has 0 bridgehead atoms. The zero-order chi connectivity index (χ0) is 14.4. The molecule has 4 nitrogen and oxygen atoms in total. The Balaban J connectivity index is 0.00000361. The van der Waals surface area contributed by atoms with Crippen LogP contribution in [-0.2, 0) is 4.79 Å². The van der Waals surface area contributed by atoms with Crippen molar-refractivity contribution in [2.75, 3.05) is 6.54 Å². The van der Waals surface area contributed by atoms with E-state index in [1.54, 1.807) is 6.07 Å². The van der Waals surface area contributed by atoms with Gasteiger partial charge in [0.05, 0.1) is 12.1 Å². The molecule has 0 heterocycles. The van der Waals surface area contributed by atoms with E-state index < -0.39 is 18.0 Å². The molecule has 0 spiro atoms. The number of benzene rings is 1. The second-order valence-corrected chi connectivity index (χ2v) is 5.05. The van der Waals surface area contributed by atoms with E-state index in [1.165, 1.54) is 18.2 Å². The van der Waals surface area contributed by atoms with Gasteiger partial charge in [-0.05, 0) is 30.0 Å². The van der Waals surface area contributed by atoms with Gasteiger partial charge in [-0.1, -0.05) is 26.0 Å². The van der Waals surface area contributed by atoms with Gasteiger partial charge in [0, 0.05) is 6.54 Å². The molecule has 4 N–H and O–H groups in total. The zero-order valence-corrected chi connectivity index (χ0v) is 12.5. The van der Waals surface area contributed by atoms with Gasteiger partial charge in [0.15, 0.2) is 0 Å². The first-order chi connectivity index (χ1) is 8.90. The third-order valence-corrected chi connectivity index (χ3v) is 2.77. The molecule has 0 saturated heterocycles. The zero-order valence-electron chi connectivity index (χ0n) is 11.7. The van der Waals surface area contributed by atoms with Gasteiger partial charge in [-0.15, -0.1) is 12.4 Å². The van der Waals surface area contributed by atoms with E-state index in [-0.39, 0.29) is 24.9 Å². The Labute approximate surface area is 125 Å². The van der Waals surface area contributed by atoms with Crippen molar-refractivity contribution in [3.05, 3.63) is 35.6 Å². The number of carbonyl (C=O) groups excluding carboxylic acids is 1. The van der Waals surface area contributed by atoms with Crippen molar-refractivity contribution in [3.63, 3.8) is 0 Å². The topological polar surface area (TPSA) is 75.4 Å².